The third-order valence-electron chi connectivity index (χ3n) is 5.12. The maximum absolute atomic E-state index is 12.6. The molecule has 0 unspecified atom stereocenters. The zero-order valence-electron chi connectivity index (χ0n) is 16.0. The van der Waals surface area contributed by atoms with E-state index in [2.05, 4.69) is 15.1 Å². The van der Waals surface area contributed by atoms with Crippen molar-refractivity contribution in [2.45, 2.75) is 13.8 Å². The Kier molecular flexibility index (Phi) is 5.02. The fourth-order valence-electron chi connectivity index (χ4n) is 3.33. The topological polar surface area (TPSA) is 67.8 Å². The molecule has 0 aliphatic carbocycles. The van der Waals surface area contributed by atoms with Crippen LogP contribution in [0.4, 0.5) is 5.82 Å². The Balaban J connectivity index is 1.41. The lowest BCUT2D eigenvalue weighted by Crippen LogP contribution is -2.52. The van der Waals surface area contributed by atoms with Gasteiger partial charge in [0.05, 0.1) is 11.1 Å². The molecule has 8 heteroatoms. The van der Waals surface area contributed by atoms with E-state index in [9.17, 15) is 4.79 Å². The maximum Gasteiger partial charge on any atom is 0.231 e. The molecule has 3 heterocycles. The van der Waals surface area contributed by atoms with Crippen LogP contribution in [0.3, 0.4) is 0 Å². The quantitative estimate of drug-likeness (QED) is 0.732. The smallest absolute Gasteiger partial charge is 0.231 e. The van der Waals surface area contributed by atoms with E-state index in [1.165, 1.54) is 0 Å². The van der Waals surface area contributed by atoms with E-state index < -0.39 is 5.41 Å². The van der Waals surface area contributed by atoms with E-state index in [0.29, 0.717) is 19.0 Å². The molecule has 0 radical (unpaired) electrons. The Bertz CT molecular complexity index is 864. The summed E-state index contributed by atoms with van der Waals surface area (Å²) < 4.78 is 10.8. The molecular formula is C20H23ClN4O3. The highest BCUT2D eigenvalue weighted by Gasteiger charge is 2.33. The Hall–Kier alpha value is -2.54. The normalized spacial score (nSPS) is 16.4. The second kappa shape index (κ2) is 7.47. The molecule has 1 amide bonds. The minimum absolute atomic E-state index is 0.103. The number of carbonyl (C=O) groups excluding carboxylic acids is 1. The number of carbonyl (C=O) groups is 1. The summed E-state index contributed by atoms with van der Waals surface area (Å²) in [6.45, 7) is 6.78. The highest BCUT2D eigenvalue weighted by Crippen LogP contribution is 2.35. The number of alkyl halides is 1. The average Bonchev–Trinajstić information content (AvgIpc) is 3.21. The van der Waals surface area contributed by atoms with Gasteiger partial charge in [-0.1, -0.05) is 0 Å². The highest BCUT2D eigenvalue weighted by atomic mass is 35.5. The largest absolute Gasteiger partial charge is 0.454 e. The van der Waals surface area contributed by atoms with Gasteiger partial charge in [-0.15, -0.1) is 21.8 Å². The van der Waals surface area contributed by atoms with Gasteiger partial charge in [0, 0.05) is 37.6 Å². The fraction of sp³-hybridized carbons (Fsp3) is 0.450. The molecule has 0 bridgehead atoms. The Morgan fingerprint density at radius 1 is 1.07 bits per heavy atom. The predicted octanol–water partition coefficient (Wildman–Crippen LogP) is 2.79. The Morgan fingerprint density at radius 2 is 1.82 bits per heavy atom. The molecule has 0 spiro atoms. The molecule has 0 saturated carbocycles. The van der Waals surface area contributed by atoms with Crippen LogP contribution in [0.15, 0.2) is 30.3 Å². The zero-order chi connectivity index (χ0) is 19.7. The number of nitrogens with zero attached hydrogens (tertiary/aromatic N) is 4. The molecule has 1 fully saturated rings. The summed E-state index contributed by atoms with van der Waals surface area (Å²) in [6.07, 6.45) is 0. The molecule has 1 saturated heterocycles. The molecule has 1 aromatic carbocycles. The number of hydrogen-bond donors (Lipinski definition) is 0. The summed E-state index contributed by atoms with van der Waals surface area (Å²) in [5.41, 5.74) is 1.18. The molecule has 4 rings (SSSR count). The molecular weight excluding hydrogens is 380 g/mol. The lowest BCUT2D eigenvalue weighted by molar-refractivity contribution is -0.139. The van der Waals surface area contributed by atoms with Crippen molar-refractivity contribution in [2.75, 3.05) is 43.8 Å². The standard InChI is InChI=1S/C20H23ClN4O3/c1-20(2,12-21)19(26)25-9-7-24(8-10-25)18-6-4-15(22-23-18)14-3-5-16-17(11-14)28-13-27-16/h3-6,11H,7-10,12-13H2,1-2H3. The van der Waals surface area contributed by atoms with Gasteiger partial charge in [0.15, 0.2) is 17.3 Å². The second-order valence-electron chi connectivity index (χ2n) is 7.64. The monoisotopic (exact) mass is 402 g/mol. The van der Waals surface area contributed by atoms with Crippen molar-refractivity contribution in [1.29, 1.82) is 0 Å². The first-order valence-electron chi connectivity index (χ1n) is 9.32. The molecule has 2 aliphatic rings. The van der Waals surface area contributed by atoms with Gasteiger partial charge in [0.1, 0.15) is 0 Å². The van der Waals surface area contributed by atoms with Crippen LogP contribution in [-0.2, 0) is 4.79 Å². The molecule has 0 N–H and O–H groups in total. The first kappa shape index (κ1) is 18.8. The zero-order valence-corrected chi connectivity index (χ0v) is 16.8. The van der Waals surface area contributed by atoms with E-state index in [-0.39, 0.29) is 12.7 Å². The van der Waals surface area contributed by atoms with Gasteiger partial charge in [0.25, 0.3) is 0 Å². The van der Waals surface area contributed by atoms with Crippen molar-refractivity contribution in [3.63, 3.8) is 0 Å². The summed E-state index contributed by atoms with van der Waals surface area (Å²) in [6, 6.07) is 9.65. The summed E-state index contributed by atoms with van der Waals surface area (Å²) >= 11 is 5.94. The van der Waals surface area contributed by atoms with Gasteiger partial charge in [-0.3, -0.25) is 4.79 Å². The SMILES string of the molecule is CC(C)(CCl)C(=O)N1CCN(c2ccc(-c3ccc4c(c3)OCO4)nn2)CC1. The van der Waals surface area contributed by atoms with Crippen LogP contribution in [0.25, 0.3) is 11.3 Å². The van der Waals surface area contributed by atoms with E-state index >= 15 is 0 Å². The van der Waals surface area contributed by atoms with Crippen molar-refractivity contribution in [3.05, 3.63) is 30.3 Å². The van der Waals surface area contributed by atoms with Gasteiger partial charge in [-0.25, -0.2) is 0 Å². The minimum Gasteiger partial charge on any atom is -0.454 e. The van der Waals surface area contributed by atoms with Crippen LogP contribution >= 0.6 is 11.6 Å². The third-order valence-corrected chi connectivity index (χ3v) is 5.79. The molecule has 0 atom stereocenters. The van der Waals surface area contributed by atoms with E-state index in [4.69, 9.17) is 21.1 Å². The number of halogens is 1. The van der Waals surface area contributed by atoms with Crippen LogP contribution in [-0.4, -0.2) is 59.9 Å². The average molecular weight is 403 g/mol. The first-order valence-corrected chi connectivity index (χ1v) is 9.85. The number of amides is 1. The van der Waals surface area contributed by atoms with Gasteiger partial charge < -0.3 is 19.3 Å². The molecule has 2 aliphatic heterocycles. The lowest BCUT2D eigenvalue weighted by Gasteiger charge is -2.38. The number of ether oxygens (including phenoxy) is 2. The molecule has 2 aromatic rings. The number of piperazine rings is 1. The third kappa shape index (κ3) is 3.58. The molecule has 7 nitrogen and oxygen atoms in total. The van der Waals surface area contributed by atoms with Crippen LogP contribution in [0.5, 0.6) is 11.5 Å². The van der Waals surface area contributed by atoms with Crippen molar-refractivity contribution >= 4 is 23.3 Å². The predicted molar refractivity (Wildman–Crippen MR) is 107 cm³/mol. The molecule has 1 aromatic heterocycles. The number of anilines is 1. The van der Waals surface area contributed by atoms with E-state index in [1.54, 1.807) is 0 Å². The van der Waals surface area contributed by atoms with Crippen molar-refractivity contribution in [1.82, 2.24) is 15.1 Å². The number of aromatic nitrogens is 2. The summed E-state index contributed by atoms with van der Waals surface area (Å²) in [5, 5.41) is 8.76. The van der Waals surface area contributed by atoms with E-state index in [1.807, 2.05) is 49.1 Å². The Labute approximate surface area is 169 Å². The fourth-order valence-corrected chi connectivity index (χ4v) is 3.44. The minimum atomic E-state index is -0.532. The van der Waals surface area contributed by atoms with Crippen LogP contribution in [0.1, 0.15) is 13.8 Å². The van der Waals surface area contributed by atoms with Crippen LogP contribution in [0, 0.1) is 5.41 Å². The number of benzene rings is 1. The number of rotatable bonds is 4. The van der Waals surface area contributed by atoms with Gasteiger partial charge in [-0.2, -0.15) is 0 Å². The first-order chi connectivity index (χ1) is 13.5. The maximum atomic E-state index is 12.6. The molecule has 28 heavy (non-hydrogen) atoms. The van der Waals surface area contributed by atoms with Gasteiger partial charge in [-0.05, 0) is 44.2 Å². The van der Waals surface area contributed by atoms with Crippen molar-refractivity contribution < 1.29 is 14.3 Å². The van der Waals surface area contributed by atoms with Crippen molar-refractivity contribution in [2.24, 2.45) is 5.41 Å². The van der Waals surface area contributed by atoms with E-state index in [0.717, 1.165) is 41.7 Å². The van der Waals surface area contributed by atoms with Gasteiger partial charge >= 0.3 is 0 Å². The number of fused-ring (bicyclic) bond motifs is 1. The van der Waals surface area contributed by atoms with Gasteiger partial charge in [0.2, 0.25) is 12.7 Å². The molecule has 148 valence electrons. The lowest BCUT2D eigenvalue weighted by atomic mass is 9.94. The highest BCUT2D eigenvalue weighted by molar-refractivity contribution is 6.19. The summed E-state index contributed by atoms with van der Waals surface area (Å²) in [5.74, 6) is 2.71. The Morgan fingerprint density at radius 3 is 2.50 bits per heavy atom. The van der Waals surface area contributed by atoms with Crippen LogP contribution in [0.2, 0.25) is 0 Å². The van der Waals surface area contributed by atoms with Crippen molar-refractivity contribution in [3.8, 4) is 22.8 Å². The summed E-state index contributed by atoms with van der Waals surface area (Å²) in [7, 11) is 0. The summed E-state index contributed by atoms with van der Waals surface area (Å²) in [4.78, 5) is 16.6. The van der Waals surface area contributed by atoms with Crippen LogP contribution < -0.4 is 14.4 Å². The number of hydrogen-bond acceptors (Lipinski definition) is 6. The second-order valence-corrected chi connectivity index (χ2v) is 7.91.